The summed E-state index contributed by atoms with van der Waals surface area (Å²) < 4.78 is 21.2. The van der Waals surface area contributed by atoms with Crippen molar-refractivity contribution >= 4 is 29.5 Å². The van der Waals surface area contributed by atoms with Crippen LogP contribution in [0.1, 0.15) is 5.56 Å². The smallest absolute Gasteiger partial charge is 0.414 e. The Morgan fingerprint density at radius 3 is 2.39 bits per heavy atom. The van der Waals surface area contributed by atoms with Gasteiger partial charge in [-0.3, -0.25) is 0 Å². The van der Waals surface area contributed by atoms with Gasteiger partial charge in [0.2, 0.25) is 5.95 Å². The number of halogens is 2. The summed E-state index contributed by atoms with van der Waals surface area (Å²) in [6.45, 7) is 1.43. The molecule has 0 radical (unpaired) electrons. The summed E-state index contributed by atoms with van der Waals surface area (Å²) in [7, 11) is 1.66. The molecule has 1 aromatic heterocycles. The number of methoxy groups -OCH3 is 1. The van der Waals surface area contributed by atoms with Gasteiger partial charge in [0, 0.05) is 30.8 Å². The van der Waals surface area contributed by atoms with Crippen LogP contribution in [0.2, 0.25) is 5.02 Å². The standard InChI is InChI=1S/C19H19ClFN3O.C2H2O4/c1-25-11-10-24-18(14-6-3-2-4-7-14)13-23-19(24)22-12-15-16(20)8-5-9-17(15)21;3-1(4)2(5)6/h2-9,13H,10-12H2,1H3,(H,22,23);(H,3,4)(H,5,6). The van der Waals surface area contributed by atoms with Crippen LogP contribution in [0.4, 0.5) is 10.3 Å². The second kappa shape index (κ2) is 11.7. The topological polar surface area (TPSA) is 114 Å². The van der Waals surface area contributed by atoms with Crippen molar-refractivity contribution in [2.24, 2.45) is 0 Å². The van der Waals surface area contributed by atoms with E-state index in [-0.39, 0.29) is 12.4 Å². The molecule has 164 valence electrons. The monoisotopic (exact) mass is 449 g/mol. The molecule has 0 fully saturated rings. The normalized spacial score (nSPS) is 10.2. The Hall–Kier alpha value is -3.43. The van der Waals surface area contributed by atoms with Gasteiger partial charge in [0.05, 0.1) is 18.5 Å². The number of carbonyl (C=O) groups is 2. The molecule has 0 aliphatic heterocycles. The van der Waals surface area contributed by atoms with Crippen LogP contribution in [0.25, 0.3) is 11.3 Å². The SMILES string of the molecule is COCCn1c(-c2ccccc2)cnc1NCc1c(F)cccc1Cl.O=C(O)C(=O)O. The first kappa shape index (κ1) is 23.8. The molecular weight excluding hydrogens is 429 g/mol. The van der Waals surface area contributed by atoms with Gasteiger partial charge in [0.25, 0.3) is 0 Å². The van der Waals surface area contributed by atoms with E-state index in [1.165, 1.54) is 6.07 Å². The number of imidazole rings is 1. The number of aliphatic carboxylic acids is 2. The number of anilines is 1. The average Bonchev–Trinajstić information content (AvgIpc) is 3.15. The zero-order chi connectivity index (χ0) is 22.8. The maximum Gasteiger partial charge on any atom is 0.414 e. The minimum atomic E-state index is -1.82. The highest BCUT2D eigenvalue weighted by Gasteiger charge is 2.13. The molecule has 0 bridgehead atoms. The molecule has 0 aliphatic carbocycles. The quantitative estimate of drug-likeness (QED) is 0.470. The van der Waals surface area contributed by atoms with Crippen molar-refractivity contribution in [2.45, 2.75) is 13.1 Å². The van der Waals surface area contributed by atoms with E-state index in [1.807, 2.05) is 34.9 Å². The molecule has 3 N–H and O–H groups in total. The fraction of sp³-hybridized carbons (Fsp3) is 0.190. The Kier molecular flexibility index (Phi) is 8.98. The highest BCUT2D eigenvalue weighted by molar-refractivity contribution is 6.31. The van der Waals surface area contributed by atoms with Crippen molar-refractivity contribution in [3.8, 4) is 11.3 Å². The summed E-state index contributed by atoms with van der Waals surface area (Å²) in [5.41, 5.74) is 2.45. The molecule has 0 atom stereocenters. The van der Waals surface area contributed by atoms with Gasteiger partial charge in [-0.05, 0) is 17.7 Å². The largest absolute Gasteiger partial charge is 0.473 e. The van der Waals surface area contributed by atoms with E-state index in [2.05, 4.69) is 10.3 Å². The maximum atomic E-state index is 14.0. The fourth-order valence-corrected chi connectivity index (χ4v) is 2.86. The van der Waals surface area contributed by atoms with Crippen molar-refractivity contribution in [1.82, 2.24) is 9.55 Å². The third-order valence-corrected chi connectivity index (χ3v) is 4.47. The van der Waals surface area contributed by atoms with E-state index in [0.717, 1.165) is 11.3 Å². The summed E-state index contributed by atoms with van der Waals surface area (Å²) >= 11 is 6.09. The molecule has 3 aromatic rings. The molecule has 1 heterocycles. The number of aromatic nitrogens is 2. The van der Waals surface area contributed by atoms with Gasteiger partial charge in [0.15, 0.2) is 0 Å². The van der Waals surface area contributed by atoms with Gasteiger partial charge in [-0.1, -0.05) is 48.0 Å². The van der Waals surface area contributed by atoms with E-state index in [0.29, 0.717) is 29.7 Å². The van der Waals surface area contributed by atoms with E-state index in [1.54, 1.807) is 25.4 Å². The van der Waals surface area contributed by atoms with E-state index < -0.39 is 11.9 Å². The summed E-state index contributed by atoms with van der Waals surface area (Å²) in [6.07, 6.45) is 1.80. The van der Waals surface area contributed by atoms with E-state index >= 15 is 0 Å². The van der Waals surface area contributed by atoms with Crippen LogP contribution < -0.4 is 5.32 Å². The summed E-state index contributed by atoms with van der Waals surface area (Å²) in [5.74, 6) is -3.33. The molecule has 0 amide bonds. The molecule has 10 heteroatoms. The second-order valence-corrected chi connectivity index (χ2v) is 6.55. The van der Waals surface area contributed by atoms with Crippen molar-refractivity contribution < 1.29 is 28.9 Å². The first-order valence-corrected chi connectivity index (χ1v) is 9.45. The zero-order valence-corrected chi connectivity index (χ0v) is 17.3. The average molecular weight is 450 g/mol. The fourth-order valence-electron chi connectivity index (χ4n) is 2.63. The molecule has 0 aliphatic rings. The van der Waals surface area contributed by atoms with Crippen molar-refractivity contribution in [3.05, 3.63) is 71.1 Å². The lowest BCUT2D eigenvalue weighted by Crippen LogP contribution is -2.12. The molecule has 8 nitrogen and oxygen atoms in total. The van der Waals surface area contributed by atoms with Crippen LogP contribution in [0.5, 0.6) is 0 Å². The number of hydrogen-bond acceptors (Lipinski definition) is 5. The number of carboxylic acid groups (broad SMARTS) is 2. The molecule has 0 unspecified atom stereocenters. The first-order valence-electron chi connectivity index (χ1n) is 9.08. The third-order valence-electron chi connectivity index (χ3n) is 4.11. The van der Waals surface area contributed by atoms with Gasteiger partial charge in [-0.15, -0.1) is 0 Å². The predicted octanol–water partition coefficient (Wildman–Crippen LogP) is 3.76. The molecule has 2 aromatic carbocycles. The zero-order valence-electron chi connectivity index (χ0n) is 16.6. The molecule has 0 spiro atoms. The van der Waals surface area contributed by atoms with Gasteiger partial charge in [-0.2, -0.15) is 0 Å². The lowest BCUT2D eigenvalue weighted by molar-refractivity contribution is -0.159. The molecular formula is C21H21ClFN3O5. The molecule has 0 saturated carbocycles. The van der Waals surface area contributed by atoms with Gasteiger partial charge in [0.1, 0.15) is 5.82 Å². The highest BCUT2D eigenvalue weighted by atomic mass is 35.5. The van der Waals surface area contributed by atoms with Crippen molar-refractivity contribution in [3.63, 3.8) is 0 Å². The Bertz CT molecular complexity index is 995. The Morgan fingerprint density at radius 1 is 1.13 bits per heavy atom. The number of ether oxygens (including phenoxy) is 1. The molecule has 0 saturated heterocycles. The Balaban J connectivity index is 0.000000501. The van der Waals surface area contributed by atoms with Gasteiger partial charge >= 0.3 is 11.9 Å². The predicted molar refractivity (Wildman–Crippen MR) is 114 cm³/mol. The second-order valence-electron chi connectivity index (χ2n) is 6.14. The summed E-state index contributed by atoms with van der Waals surface area (Å²) in [4.78, 5) is 22.6. The Labute approximate surface area is 182 Å². The van der Waals surface area contributed by atoms with Gasteiger partial charge < -0.3 is 24.8 Å². The van der Waals surface area contributed by atoms with Crippen LogP contribution in [-0.4, -0.2) is 45.4 Å². The lowest BCUT2D eigenvalue weighted by atomic mass is 10.2. The van der Waals surface area contributed by atoms with Crippen LogP contribution in [-0.2, 0) is 27.4 Å². The summed E-state index contributed by atoms with van der Waals surface area (Å²) in [5, 5.41) is 18.4. The van der Waals surface area contributed by atoms with Gasteiger partial charge in [-0.25, -0.2) is 19.0 Å². The van der Waals surface area contributed by atoms with Crippen LogP contribution >= 0.6 is 11.6 Å². The number of rotatable bonds is 7. The van der Waals surface area contributed by atoms with E-state index in [9.17, 15) is 4.39 Å². The minimum absolute atomic E-state index is 0.254. The lowest BCUT2D eigenvalue weighted by Gasteiger charge is -2.14. The number of benzene rings is 2. The van der Waals surface area contributed by atoms with Crippen LogP contribution in [0, 0.1) is 5.82 Å². The number of nitrogens with zero attached hydrogens (tertiary/aromatic N) is 2. The third kappa shape index (κ3) is 6.80. The van der Waals surface area contributed by atoms with Crippen molar-refractivity contribution in [2.75, 3.05) is 19.0 Å². The number of carboxylic acids is 2. The number of hydrogen-bond donors (Lipinski definition) is 3. The van der Waals surface area contributed by atoms with Crippen LogP contribution in [0.3, 0.4) is 0 Å². The van der Waals surface area contributed by atoms with Crippen molar-refractivity contribution in [1.29, 1.82) is 0 Å². The number of nitrogens with one attached hydrogen (secondary N) is 1. The molecule has 3 rings (SSSR count). The maximum absolute atomic E-state index is 14.0. The molecule has 31 heavy (non-hydrogen) atoms. The summed E-state index contributed by atoms with van der Waals surface area (Å²) in [6, 6.07) is 14.6. The van der Waals surface area contributed by atoms with Crippen LogP contribution in [0.15, 0.2) is 54.7 Å². The van der Waals surface area contributed by atoms with E-state index in [4.69, 9.17) is 36.1 Å². The highest BCUT2D eigenvalue weighted by Crippen LogP contribution is 2.25. The minimum Gasteiger partial charge on any atom is -0.473 e. The first-order chi connectivity index (χ1) is 14.8. The Morgan fingerprint density at radius 2 is 1.81 bits per heavy atom.